The minimum absolute atomic E-state index is 0.321. The molecule has 0 bridgehead atoms. The van der Waals surface area contributed by atoms with Crippen molar-refractivity contribution in [1.82, 2.24) is 14.7 Å². The molecule has 2 aromatic rings. The summed E-state index contributed by atoms with van der Waals surface area (Å²) >= 11 is 0. The van der Waals surface area contributed by atoms with E-state index in [-0.39, 0.29) is 0 Å². The maximum absolute atomic E-state index is 5.32. The number of hydrogen-bond donors (Lipinski definition) is 0. The Morgan fingerprint density at radius 1 is 1.29 bits per heavy atom. The van der Waals surface area contributed by atoms with Crippen molar-refractivity contribution >= 4 is 0 Å². The molecule has 1 aromatic carbocycles. The van der Waals surface area contributed by atoms with Crippen LogP contribution in [0.4, 0.5) is 0 Å². The zero-order chi connectivity index (χ0) is 14.9. The van der Waals surface area contributed by atoms with Crippen LogP contribution in [0.5, 0.6) is 0 Å². The SMILES string of the molecule is Cc1ccc(-n2cc(CN(C)CC3(C)COC3)cn2)cc1. The van der Waals surface area contributed by atoms with E-state index in [4.69, 9.17) is 4.74 Å². The molecule has 1 aliphatic heterocycles. The quantitative estimate of drug-likeness (QED) is 0.846. The molecule has 0 amide bonds. The summed E-state index contributed by atoms with van der Waals surface area (Å²) in [5.74, 6) is 0. The highest BCUT2D eigenvalue weighted by Crippen LogP contribution is 2.27. The molecule has 3 rings (SSSR count). The molecule has 1 aliphatic rings. The molecule has 0 atom stereocenters. The van der Waals surface area contributed by atoms with Gasteiger partial charge in [0.25, 0.3) is 0 Å². The van der Waals surface area contributed by atoms with Crippen LogP contribution >= 0.6 is 0 Å². The molecule has 1 aromatic heterocycles. The predicted molar refractivity (Wildman–Crippen MR) is 83.6 cm³/mol. The standard InChI is InChI=1S/C17H23N3O/c1-14-4-6-16(7-5-14)20-10-15(8-18-20)9-19(3)11-17(2)12-21-13-17/h4-8,10H,9,11-13H2,1-3H3. The molecular weight excluding hydrogens is 262 g/mol. The maximum Gasteiger partial charge on any atom is 0.0645 e. The first-order valence-corrected chi connectivity index (χ1v) is 7.41. The van der Waals surface area contributed by atoms with Crippen molar-refractivity contribution in [3.05, 3.63) is 47.8 Å². The topological polar surface area (TPSA) is 30.3 Å². The molecule has 112 valence electrons. The molecule has 0 spiro atoms. The van der Waals surface area contributed by atoms with E-state index in [9.17, 15) is 0 Å². The molecule has 0 N–H and O–H groups in total. The van der Waals surface area contributed by atoms with Crippen molar-refractivity contribution in [3.63, 3.8) is 0 Å². The molecule has 0 aliphatic carbocycles. The molecule has 1 saturated heterocycles. The fourth-order valence-electron chi connectivity index (χ4n) is 2.84. The normalized spacial score (nSPS) is 17.0. The number of ether oxygens (including phenoxy) is 1. The third-order valence-corrected chi connectivity index (χ3v) is 3.94. The van der Waals surface area contributed by atoms with Gasteiger partial charge in [0.15, 0.2) is 0 Å². The van der Waals surface area contributed by atoms with Crippen molar-refractivity contribution in [2.24, 2.45) is 5.41 Å². The van der Waals surface area contributed by atoms with Crippen LogP contribution in [0.25, 0.3) is 5.69 Å². The zero-order valence-electron chi connectivity index (χ0n) is 13.0. The summed E-state index contributed by atoms with van der Waals surface area (Å²) < 4.78 is 7.26. The molecular formula is C17H23N3O. The molecule has 4 nitrogen and oxygen atoms in total. The van der Waals surface area contributed by atoms with E-state index in [0.29, 0.717) is 5.41 Å². The summed E-state index contributed by atoms with van der Waals surface area (Å²) in [5, 5.41) is 4.47. The minimum atomic E-state index is 0.321. The molecule has 21 heavy (non-hydrogen) atoms. The first-order chi connectivity index (χ1) is 10.0. The van der Waals surface area contributed by atoms with E-state index in [1.165, 1.54) is 11.1 Å². The van der Waals surface area contributed by atoms with E-state index >= 15 is 0 Å². The Morgan fingerprint density at radius 3 is 2.62 bits per heavy atom. The second-order valence-corrected chi connectivity index (χ2v) is 6.60. The maximum atomic E-state index is 5.32. The Bertz CT molecular complexity index is 599. The van der Waals surface area contributed by atoms with Crippen LogP contribution in [0.15, 0.2) is 36.7 Å². The van der Waals surface area contributed by atoms with Gasteiger partial charge in [0, 0.05) is 30.3 Å². The summed E-state index contributed by atoms with van der Waals surface area (Å²) in [6, 6.07) is 8.42. The van der Waals surface area contributed by atoms with Gasteiger partial charge < -0.3 is 9.64 Å². The lowest BCUT2D eigenvalue weighted by Gasteiger charge is -2.40. The summed E-state index contributed by atoms with van der Waals surface area (Å²) in [5.41, 5.74) is 3.93. The molecule has 0 radical (unpaired) electrons. The molecule has 0 unspecified atom stereocenters. The van der Waals surface area contributed by atoms with E-state index in [2.05, 4.69) is 61.4 Å². The Morgan fingerprint density at radius 2 is 2.00 bits per heavy atom. The minimum Gasteiger partial charge on any atom is -0.380 e. The van der Waals surface area contributed by atoms with Crippen LogP contribution in [0.1, 0.15) is 18.1 Å². The monoisotopic (exact) mass is 285 g/mol. The van der Waals surface area contributed by atoms with Gasteiger partial charge in [0.1, 0.15) is 0 Å². The second kappa shape index (κ2) is 5.62. The highest BCUT2D eigenvalue weighted by molar-refractivity contribution is 5.33. The first kappa shape index (κ1) is 14.3. The number of nitrogens with zero attached hydrogens (tertiary/aromatic N) is 3. The van der Waals surface area contributed by atoms with E-state index in [1.54, 1.807) is 0 Å². The first-order valence-electron chi connectivity index (χ1n) is 7.41. The molecule has 4 heteroatoms. The Balaban J connectivity index is 1.63. The average Bonchev–Trinajstić information content (AvgIpc) is 2.86. The lowest BCUT2D eigenvalue weighted by Crippen LogP contribution is -2.47. The van der Waals surface area contributed by atoms with E-state index in [0.717, 1.165) is 32.0 Å². The van der Waals surface area contributed by atoms with Gasteiger partial charge in [-0.2, -0.15) is 5.10 Å². The summed E-state index contributed by atoms with van der Waals surface area (Å²) in [7, 11) is 2.16. The summed E-state index contributed by atoms with van der Waals surface area (Å²) in [6.07, 6.45) is 4.07. The van der Waals surface area contributed by atoms with Gasteiger partial charge >= 0.3 is 0 Å². The van der Waals surface area contributed by atoms with Gasteiger partial charge in [0.2, 0.25) is 0 Å². The van der Waals surface area contributed by atoms with Crippen molar-refractivity contribution in [2.75, 3.05) is 26.8 Å². The van der Waals surface area contributed by atoms with E-state index < -0.39 is 0 Å². The van der Waals surface area contributed by atoms with Crippen LogP contribution < -0.4 is 0 Å². The van der Waals surface area contributed by atoms with Gasteiger partial charge in [-0.1, -0.05) is 24.6 Å². The third kappa shape index (κ3) is 3.34. The van der Waals surface area contributed by atoms with Gasteiger partial charge in [-0.25, -0.2) is 4.68 Å². The summed E-state index contributed by atoms with van der Waals surface area (Å²) in [4.78, 5) is 2.35. The van der Waals surface area contributed by atoms with Crippen LogP contribution in [-0.2, 0) is 11.3 Å². The lowest BCUT2D eigenvalue weighted by atomic mass is 9.88. The lowest BCUT2D eigenvalue weighted by molar-refractivity contribution is -0.113. The second-order valence-electron chi connectivity index (χ2n) is 6.60. The number of aryl methyl sites for hydroxylation is 1. The zero-order valence-corrected chi connectivity index (χ0v) is 13.0. The smallest absolute Gasteiger partial charge is 0.0645 e. The highest BCUT2D eigenvalue weighted by Gasteiger charge is 2.34. The molecule has 1 fully saturated rings. The van der Waals surface area contributed by atoms with Crippen LogP contribution in [0, 0.1) is 12.3 Å². The number of aromatic nitrogens is 2. The van der Waals surface area contributed by atoms with Gasteiger partial charge in [-0.3, -0.25) is 0 Å². The fraction of sp³-hybridized carbons (Fsp3) is 0.471. The van der Waals surface area contributed by atoms with E-state index in [1.807, 2.05) is 10.9 Å². The van der Waals surface area contributed by atoms with Crippen LogP contribution in [-0.4, -0.2) is 41.5 Å². The summed E-state index contributed by atoms with van der Waals surface area (Å²) in [6.45, 7) is 8.10. The third-order valence-electron chi connectivity index (χ3n) is 3.94. The van der Waals surface area contributed by atoms with Crippen molar-refractivity contribution < 1.29 is 4.74 Å². The number of hydrogen-bond acceptors (Lipinski definition) is 3. The Kier molecular flexibility index (Phi) is 3.83. The van der Waals surface area contributed by atoms with Crippen molar-refractivity contribution in [2.45, 2.75) is 20.4 Å². The van der Waals surface area contributed by atoms with Crippen LogP contribution in [0.3, 0.4) is 0 Å². The van der Waals surface area contributed by atoms with Crippen molar-refractivity contribution in [1.29, 1.82) is 0 Å². The largest absolute Gasteiger partial charge is 0.380 e. The predicted octanol–water partition coefficient (Wildman–Crippen LogP) is 2.65. The van der Waals surface area contributed by atoms with Gasteiger partial charge in [-0.05, 0) is 26.1 Å². The molecule has 2 heterocycles. The average molecular weight is 285 g/mol. The fourth-order valence-corrected chi connectivity index (χ4v) is 2.84. The Hall–Kier alpha value is -1.65. The van der Waals surface area contributed by atoms with Gasteiger partial charge in [-0.15, -0.1) is 0 Å². The molecule has 0 saturated carbocycles. The highest BCUT2D eigenvalue weighted by atomic mass is 16.5. The van der Waals surface area contributed by atoms with Gasteiger partial charge in [0.05, 0.1) is 25.1 Å². The Labute approximate surface area is 126 Å². The number of rotatable bonds is 5. The van der Waals surface area contributed by atoms with Crippen LogP contribution in [0.2, 0.25) is 0 Å². The number of benzene rings is 1. The van der Waals surface area contributed by atoms with Crippen molar-refractivity contribution in [3.8, 4) is 5.69 Å².